The summed E-state index contributed by atoms with van der Waals surface area (Å²) in [6.07, 6.45) is 0. The Morgan fingerprint density at radius 2 is 0.596 bits per heavy atom. The summed E-state index contributed by atoms with van der Waals surface area (Å²) in [5.74, 6) is 0. The molecule has 0 saturated heterocycles. The Balaban J connectivity index is 0.988. The molecule has 0 spiro atoms. The number of hydrogen-bond donors (Lipinski definition) is 0. The van der Waals surface area contributed by atoms with Crippen molar-refractivity contribution in [3.8, 4) is 33.4 Å². The van der Waals surface area contributed by atoms with Gasteiger partial charge in [-0.25, -0.2) is 0 Å². The number of rotatable bonds is 10. The van der Waals surface area contributed by atoms with Crippen LogP contribution in [0.4, 0.5) is 34.1 Å². The fraction of sp³-hybridized carbons (Fsp3) is 0.0588. The van der Waals surface area contributed by atoms with Crippen LogP contribution in [0.1, 0.15) is 44.5 Å². The van der Waals surface area contributed by atoms with Crippen molar-refractivity contribution in [2.24, 2.45) is 0 Å². The molecule has 4 heteroatoms. The van der Waals surface area contributed by atoms with Crippen LogP contribution >= 0.6 is 0 Å². The van der Waals surface area contributed by atoms with E-state index in [4.69, 9.17) is 8.83 Å². The number of para-hydroxylation sites is 4. The quantitative estimate of drug-likeness (QED) is 0.137. The van der Waals surface area contributed by atoms with Gasteiger partial charge in [0.2, 0.25) is 0 Å². The van der Waals surface area contributed by atoms with E-state index in [1.165, 1.54) is 44.5 Å². The smallest absolute Gasteiger partial charge is 0.159 e. The number of benzene rings is 14. The lowest BCUT2D eigenvalue weighted by Gasteiger charge is -2.36. The summed E-state index contributed by atoms with van der Waals surface area (Å²) in [6.45, 7) is 8.73. The predicted octanol–water partition coefficient (Wildman–Crippen LogP) is 23.7. The van der Waals surface area contributed by atoms with Crippen molar-refractivity contribution in [2.45, 2.75) is 33.1 Å². The summed E-state index contributed by atoms with van der Waals surface area (Å²) in [4.78, 5) is 4.94. The van der Waals surface area contributed by atoms with Crippen molar-refractivity contribution < 1.29 is 8.83 Å². The molecule has 0 saturated carbocycles. The summed E-state index contributed by atoms with van der Waals surface area (Å²) in [5.41, 5.74) is 25.0. The third-order valence-corrected chi connectivity index (χ3v) is 18.9. The number of aryl methyl sites for hydroxylation is 4. The topological polar surface area (TPSA) is 32.8 Å². The Kier molecular flexibility index (Phi) is 12.0. The molecule has 17 rings (SSSR count). The van der Waals surface area contributed by atoms with Crippen LogP contribution in [-0.2, 0) is 5.41 Å². The molecule has 0 aliphatic heterocycles. The lowest BCUT2D eigenvalue weighted by molar-refractivity contribution is 0.670. The van der Waals surface area contributed by atoms with Gasteiger partial charge in [-0.15, -0.1) is 0 Å². The van der Waals surface area contributed by atoms with Gasteiger partial charge in [0.25, 0.3) is 0 Å². The van der Waals surface area contributed by atoms with Crippen LogP contribution in [-0.4, -0.2) is 0 Å². The van der Waals surface area contributed by atoms with E-state index in [0.717, 1.165) is 133 Å². The molecule has 0 amide bonds. The Morgan fingerprint density at radius 1 is 0.258 bits per heavy atom. The van der Waals surface area contributed by atoms with Crippen LogP contribution in [0, 0.1) is 27.7 Å². The largest absolute Gasteiger partial charge is 0.453 e. The molecular weight excluding hydrogens is 1080 g/mol. The van der Waals surface area contributed by atoms with Crippen molar-refractivity contribution in [2.75, 3.05) is 9.80 Å². The summed E-state index contributed by atoms with van der Waals surface area (Å²) in [5, 5.41) is 8.87. The average Bonchev–Trinajstić information content (AvgIpc) is 1.53. The first-order valence-corrected chi connectivity index (χ1v) is 30.8. The van der Waals surface area contributed by atoms with Gasteiger partial charge in [-0.2, -0.15) is 0 Å². The molecular formula is C85H60N2O2. The number of fused-ring (bicyclic) bond motifs is 13. The maximum Gasteiger partial charge on any atom is 0.159 e. The van der Waals surface area contributed by atoms with Gasteiger partial charge in [-0.3, -0.25) is 0 Å². The zero-order chi connectivity index (χ0) is 59.5. The average molecular weight is 1140 g/mol. The van der Waals surface area contributed by atoms with Crippen molar-refractivity contribution in [1.82, 2.24) is 0 Å². The number of furan rings is 2. The third kappa shape index (κ3) is 7.93. The number of nitrogens with zero attached hydrogens (tertiary/aromatic N) is 2. The SMILES string of the molecule is Cc1cccc(N(c2cc3c(c4ccccc24)-c2c(cc(N(c4cccc(C)c4)c4cccc5c4oc4c(-c6ccccc6C)cccc45)c4ccccc24)C3(c2ccccc2)c2ccccc2)c2cccc3c2oc2c(-c4ccccc4C)cccc23)c1. The molecule has 0 atom stereocenters. The van der Waals surface area contributed by atoms with E-state index in [1.807, 2.05) is 0 Å². The van der Waals surface area contributed by atoms with E-state index in [9.17, 15) is 0 Å². The Bertz CT molecular complexity index is 5170. The predicted molar refractivity (Wildman–Crippen MR) is 373 cm³/mol. The van der Waals surface area contributed by atoms with Gasteiger partial charge in [0, 0.05) is 54.8 Å². The highest BCUT2D eigenvalue weighted by Crippen LogP contribution is 2.63. The highest BCUT2D eigenvalue weighted by atomic mass is 16.3. The summed E-state index contributed by atoms with van der Waals surface area (Å²) >= 11 is 0. The molecule has 0 bridgehead atoms. The lowest BCUT2D eigenvalue weighted by atomic mass is 9.67. The second-order valence-electron chi connectivity index (χ2n) is 24.1. The van der Waals surface area contributed by atoms with E-state index in [1.54, 1.807) is 0 Å². The molecule has 0 N–H and O–H groups in total. The standard InChI is InChI=1S/C85H60N2O2/c1-53-25-19-33-59(49-53)86(75-47-23-45-71-69-43-21-41-67(81(69)88-83(71)75)61-35-13-11-27-55(61)3)77-51-73-79(65-39-17-15-37-63(65)77)80-66-40-18-16-38-64(66)78(52-74(80)85(73,57-29-7-5-8-30-57)58-31-9-6-10-32-58)87(60-34-20-26-54(2)50-60)76-48-24-46-72-70-44-22-42-68(82(70)89-84(72)76)62-36-14-12-28-56(62)4/h5-52H,1-4H3. The molecule has 0 unspecified atom stereocenters. The van der Waals surface area contributed by atoms with Gasteiger partial charge >= 0.3 is 0 Å². The van der Waals surface area contributed by atoms with Gasteiger partial charge in [0.1, 0.15) is 11.2 Å². The third-order valence-electron chi connectivity index (χ3n) is 18.9. The highest BCUT2D eigenvalue weighted by molar-refractivity contribution is 6.21. The maximum atomic E-state index is 7.40. The first kappa shape index (κ1) is 52.2. The van der Waals surface area contributed by atoms with Crippen LogP contribution in [0.3, 0.4) is 0 Å². The first-order valence-electron chi connectivity index (χ1n) is 30.8. The van der Waals surface area contributed by atoms with E-state index in [2.05, 4.69) is 329 Å². The van der Waals surface area contributed by atoms with Crippen LogP contribution in [0.5, 0.6) is 0 Å². The molecule has 16 aromatic rings. The molecule has 4 nitrogen and oxygen atoms in total. The Hall–Kier alpha value is -11.2. The highest BCUT2D eigenvalue weighted by Gasteiger charge is 2.49. The van der Waals surface area contributed by atoms with Gasteiger partial charge in [-0.05, 0) is 154 Å². The molecule has 2 aromatic heterocycles. The molecule has 2 heterocycles. The minimum Gasteiger partial charge on any atom is -0.453 e. The molecule has 14 aromatic carbocycles. The van der Waals surface area contributed by atoms with Crippen molar-refractivity contribution >= 4 is 99.5 Å². The lowest BCUT2D eigenvalue weighted by Crippen LogP contribution is -2.29. The van der Waals surface area contributed by atoms with E-state index in [0.29, 0.717) is 0 Å². The fourth-order valence-corrected chi connectivity index (χ4v) is 15.0. The zero-order valence-electron chi connectivity index (χ0n) is 49.9. The monoisotopic (exact) mass is 1140 g/mol. The minimum atomic E-state index is -0.858. The van der Waals surface area contributed by atoms with Crippen LogP contribution in [0.2, 0.25) is 0 Å². The van der Waals surface area contributed by atoms with Crippen molar-refractivity contribution in [1.29, 1.82) is 0 Å². The summed E-state index contributed by atoms with van der Waals surface area (Å²) in [6, 6.07) is 107. The van der Waals surface area contributed by atoms with Crippen LogP contribution < -0.4 is 9.80 Å². The zero-order valence-corrected chi connectivity index (χ0v) is 49.9. The van der Waals surface area contributed by atoms with Gasteiger partial charge in [0.05, 0.1) is 28.2 Å². The molecule has 1 aliphatic rings. The van der Waals surface area contributed by atoms with E-state index < -0.39 is 5.41 Å². The number of anilines is 6. The number of hydrogen-bond acceptors (Lipinski definition) is 4. The summed E-state index contributed by atoms with van der Waals surface area (Å²) in [7, 11) is 0. The molecule has 0 radical (unpaired) electrons. The minimum absolute atomic E-state index is 0.827. The van der Waals surface area contributed by atoms with E-state index in [-0.39, 0.29) is 0 Å². The van der Waals surface area contributed by atoms with Gasteiger partial charge in [0.15, 0.2) is 11.2 Å². The normalized spacial score (nSPS) is 12.6. The van der Waals surface area contributed by atoms with Crippen LogP contribution in [0.15, 0.2) is 300 Å². The summed E-state index contributed by atoms with van der Waals surface area (Å²) < 4.78 is 14.8. The van der Waals surface area contributed by atoms with Gasteiger partial charge < -0.3 is 18.6 Å². The van der Waals surface area contributed by atoms with Crippen LogP contribution in [0.25, 0.3) is 98.8 Å². The second-order valence-corrected chi connectivity index (χ2v) is 24.1. The molecule has 0 fully saturated rings. The molecule has 1 aliphatic carbocycles. The first-order chi connectivity index (χ1) is 43.8. The van der Waals surface area contributed by atoms with E-state index >= 15 is 0 Å². The van der Waals surface area contributed by atoms with Crippen molar-refractivity contribution in [3.63, 3.8) is 0 Å². The second kappa shape index (κ2) is 20.5. The Morgan fingerprint density at radius 3 is 1.01 bits per heavy atom. The maximum absolute atomic E-state index is 7.40. The van der Waals surface area contributed by atoms with Gasteiger partial charge in [-0.1, -0.05) is 243 Å². The Labute approximate surface area is 517 Å². The molecule has 422 valence electrons. The molecule has 89 heavy (non-hydrogen) atoms. The fourth-order valence-electron chi connectivity index (χ4n) is 15.0. The van der Waals surface area contributed by atoms with Crippen molar-refractivity contribution in [3.05, 3.63) is 336 Å².